The maximum absolute atomic E-state index is 11.8. The molecule has 108 valence electrons. The first kappa shape index (κ1) is 14.5. The molecule has 0 aliphatic heterocycles. The Morgan fingerprint density at radius 1 is 1.30 bits per heavy atom. The normalized spacial score (nSPS) is 11.8. The monoisotopic (exact) mass is 294 g/mol. The van der Waals surface area contributed by atoms with Crippen molar-refractivity contribution in [1.82, 2.24) is 14.8 Å². The molecule has 0 aliphatic rings. The van der Waals surface area contributed by atoms with Crippen molar-refractivity contribution in [3.05, 3.63) is 30.6 Å². The largest absolute Gasteiger partial charge is 0.311 e. The van der Waals surface area contributed by atoms with Gasteiger partial charge in [0.05, 0.1) is 11.4 Å². The van der Waals surface area contributed by atoms with Crippen LogP contribution in [0.25, 0.3) is 11.4 Å². The van der Waals surface area contributed by atoms with Gasteiger partial charge >= 0.3 is 0 Å². The number of hydrogen-bond donors (Lipinski definition) is 1. The topological polar surface area (TPSA) is 76.9 Å². The number of para-hydroxylation sites is 1. The summed E-state index contributed by atoms with van der Waals surface area (Å²) in [7, 11) is -3.33. The Labute approximate surface area is 118 Å². The lowest BCUT2D eigenvalue weighted by Gasteiger charge is -2.14. The van der Waals surface area contributed by atoms with E-state index in [9.17, 15) is 8.42 Å². The highest BCUT2D eigenvalue weighted by molar-refractivity contribution is 7.92. The average Bonchev–Trinajstić information content (AvgIpc) is 2.88. The summed E-state index contributed by atoms with van der Waals surface area (Å²) < 4.78 is 28.0. The van der Waals surface area contributed by atoms with Crippen molar-refractivity contribution in [3.8, 4) is 11.4 Å². The van der Waals surface area contributed by atoms with Gasteiger partial charge in [-0.05, 0) is 32.9 Å². The van der Waals surface area contributed by atoms with Gasteiger partial charge in [-0.25, -0.2) is 8.42 Å². The molecule has 7 heteroatoms. The minimum Gasteiger partial charge on any atom is -0.311 e. The molecule has 20 heavy (non-hydrogen) atoms. The standard InChI is InChI=1S/C13H18N4O2S/c1-4-20(18,19)16-12-8-6-5-7-11(12)13-15-14-9-17(13)10(2)3/h5-10,16H,4H2,1-3H3. The lowest BCUT2D eigenvalue weighted by atomic mass is 10.1. The van der Waals surface area contributed by atoms with Crippen molar-refractivity contribution >= 4 is 15.7 Å². The van der Waals surface area contributed by atoms with E-state index in [1.807, 2.05) is 30.5 Å². The lowest BCUT2D eigenvalue weighted by molar-refractivity contribution is 0.602. The second kappa shape index (κ2) is 5.62. The number of hydrogen-bond acceptors (Lipinski definition) is 4. The Hall–Kier alpha value is -1.89. The third kappa shape index (κ3) is 2.98. The van der Waals surface area contributed by atoms with Crippen molar-refractivity contribution in [2.75, 3.05) is 10.5 Å². The maximum Gasteiger partial charge on any atom is 0.232 e. The second-order valence-electron chi connectivity index (χ2n) is 4.71. The highest BCUT2D eigenvalue weighted by Gasteiger charge is 2.16. The predicted molar refractivity (Wildman–Crippen MR) is 78.9 cm³/mol. The van der Waals surface area contributed by atoms with Gasteiger partial charge in [-0.15, -0.1) is 10.2 Å². The van der Waals surface area contributed by atoms with E-state index in [4.69, 9.17) is 0 Å². The van der Waals surface area contributed by atoms with Crippen molar-refractivity contribution in [3.63, 3.8) is 0 Å². The van der Waals surface area contributed by atoms with Crippen LogP contribution in [0.3, 0.4) is 0 Å². The van der Waals surface area contributed by atoms with Crippen molar-refractivity contribution in [1.29, 1.82) is 0 Å². The van der Waals surface area contributed by atoms with Crippen LogP contribution in [0.2, 0.25) is 0 Å². The fourth-order valence-corrected chi connectivity index (χ4v) is 2.48. The van der Waals surface area contributed by atoms with Crippen LogP contribution < -0.4 is 4.72 Å². The molecule has 0 spiro atoms. The smallest absolute Gasteiger partial charge is 0.232 e. The molecule has 2 aromatic rings. The SMILES string of the molecule is CCS(=O)(=O)Nc1ccccc1-c1nncn1C(C)C. The molecular formula is C13H18N4O2S. The molecule has 1 aromatic carbocycles. The highest BCUT2D eigenvalue weighted by Crippen LogP contribution is 2.28. The minimum absolute atomic E-state index is 0.0260. The Morgan fingerprint density at radius 2 is 2.00 bits per heavy atom. The van der Waals surface area contributed by atoms with Crippen LogP contribution in [0, 0.1) is 0 Å². The van der Waals surface area contributed by atoms with E-state index in [1.165, 1.54) is 0 Å². The molecule has 0 amide bonds. The number of aromatic nitrogens is 3. The molecule has 0 saturated carbocycles. The quantitative estimate of drug-likeness (QED) is 0.918. The molecule has 1 heterocycles. The Morgan fingerprint density at radius 3 is 2.65 bits per heavy atom. The number of benzene rings is 1. The van der Waals surface area contributed by atoms with Crippen LogP contribution in [-0.4, -0.2) is 28.9 Å². The van der Waals surface area contributed by atoms with Crippen LogP contribution >= 0.6 is 0 Å². The van der Waals surface area contributed by atoms with Gasteiger partial charge < -0.3 is 4.57 Å². The van der Waals surface area contributed by atoms with E-state index < -0.39 is 10.0 Å². The van der Waals surface area contributed by atoms with E-state index in [0.717, 1.165) is 5.56 Å². The molecule has 0 aliphatic carbocycles. The summed E-state index contributed by atoms with van der Waals surface area (Å²) in [4.78, 5) is 0. The van der Waals surface area contributed by atoms with Gasteiger partial charge in [-0.2, -0.15) is 0 Å². The van der Waals surface area contributed by atoms with Crippen LogP contribution in [-0.2, 0) is 10.0 Å². The number of anilines is 1. The van der Waals surface area contributed by atoms with Crippen LogP contribution in [0.5, 0.6) is 0 Å². The van der Waals surface area contributed by atoms with Crippen LogP contribution in [0.4, 0.5) is 5.69 Å². The number of nitrogens with one attached hydrogen (secondary N) is 1. The first-order valence-electron chi connectivity index (χ1n) is 6.44. The second-order valence-corrected chi connectivity index (χ2v) is 6.72. The lowest BCUT2D eigenvalue weighted by Crippen LogP contribution is -2.15. The third-order valence-corrected chi connectivity index (χ3v) is 4.23. The molecule has 2 rings (SSSR count). The zero-order valence-corrected chi connectivity index (χ0v) is 12.6. The fraction of sp³-hybridized carbons (Fsp3) is 0.385. The van der Waals surface area contributed by atoms with E-state index >= 15 is 0 Å². The van der Waals surface area contributed by atoms with Crippen LogP contribution in [0.1, 0.15) is 26.8 Å². The Balaban J connectivity index is 2.50. The zero-order valence-electron chi connectivity index (χ0n) is 11.7. The summed E-state index contributed by atoms with van der Waals surface area (Å²) in [6.45, 7) is 5.64. The summed E-state index contributed by atoms with van der Waals surface area (Å²) in [6.07, 6.45) is 1.64. The third-order valence-electron chi connectivity index (χ3n) is 2.94. The summed E-state index contributed by atoms with van der Waals surface area (Å²) >= 11 is 0. The number of sulfonamides is 1. The van der Waals surface area contributed by atoms with Gasteiger partial charge in [0.1, 0.15) is 6.33 Å². The molecular weight excluding hydrogens is 276 g/mol. The summed E-state index contributed by atoms with van der Waals surface area (Å²) in [6, 6.07) is 7.37. The first-order chi connectivity index (χ1) is 9.44. The summed E-state index contributed by atoms with van der Waals surface area (Å²) in [5, 5.41) is 8.02. The first-order valence-corrected chi connectivity index (χ1v) is 8.09. The molecule has 0 atom stereocenters. The Bertz CT molecular complexity index is 692. The van der Waals surface area contributed by atoms with E-state index in [2.05, 4.69) is 14.9 Å². The molecule has 0 radical (unpaired) electrons. The van der Waals surface area contributed by atoms with Crippen LogP contribution in [0.15, 0.2) is 30.6 Å². The maximum atomic E-state index is 11.8. The van der Waals surface area contributed by atoms with Crippen molar-refractivity contribution < 1.29 is 8.42 Å². The van der Waals surface area contributed by atoms with Gasteiger partial charge in [-0.1, -0.05) is 12.1 Å². The molecule has 0 unspecified atom stereocenters. The van der Waals surface area contributed by atoms with Gasteiger partial charge in [-0.3, -0.25) is 4.72 Å². The average molecular weight is 294 g/mol. The molecule has 0 bridgehead atoms. The van der Waals surface area contributed by atoms with E-state index in [-0.39, 0.29) is 11.8 Å². The molecule has 6 nitrogen and oxygen atoms in total. The van der Waals surface area contributed by atoms with Gasteiger partial charge in [0.2, 0.25) is 10.0 Å². The van der Waals surface area contributed by atoms with Crippen molar-refractivity contribution in [2.24, 2.45) is 0 Å². The minimum atomic E-state index is -3.33. The number of nitrogens with zero attached hydrogens (tertiary/aromatic N) is 3. The zero-order chi connectivity index (χ0) is 14.8. The van der Waals surface area contributed by atoms with Crippen molar-refractivity contribution in [2.45, 2.75) is 26.8 Å². The molecule has 0 fully saturated rings. The molecule has 0 saturated heterocycles. The van der Waals surface area contributed by atoms with Gasteiger partial charge in [0.25, 0.3) is 0 Å². The summed E-state index contributed by atoms with van der Waals surface area (Å²) in [5.41, 5.74) is 1.24. The summed E-state index contributed by atoms with van der Waals surface area (Å²) in [5.74, 6) is 0.674. The highest BCUT2D eigenvalue weighted by atomic mass is 32.2. The molecule has 1 aromatic heterocycles. The molecule has 1 N–H and O–H groups in total. The number of rotatable bonds is 5. The van der Waals surface area contributed by atoms with E-state index in [0.29, 0.717) is 11.5 Å². The Kier molecular flexibility index (Phi) is 4.08. The van der Waals surface area contributed by atoms with E-state index in [1.54, 1.807) is 25.4 Å². The predicted octanol–water partition coefficient (Wildman–Crippen LogP) is 2.29. The van der Waals surface area contributed by atoms with Gasteiger partial charge in [0.15, 0.2) is 5.82 Å². The fourth-order valence-electron chi connectivity index (χ4n) is 1.82. The van der Waals surface area contributed by atoms with Gasteiger partial charge in [0, 0.05) is 11.6 Å².